The van der Waals surface area contributed by atoms with E-state index >= 15 is 0 Å². The number of aromatic nitrogens is 1. The van der Waals surface area contributed by atoms with E-state index in [0.717, 1.165) is 39.0 Å². The van der Waals surface area contributed by atoms with Gasteiger partial charge >= 0.3 is 0 Å². The van der Waals surface area contributed by atoms with Gasteiger partial charge in [0.05, 0.1) is 0 Å². The highest BCUT2D eigenvalue weighted by atomic mass is 16.2. The number of likely N-dealkylation sites (tertiary alicyclic amines) is 1. The molecule has 4 nitrogen and oxygen atoms in total. The summed E-state index contributed by atoms with van der Waals surface area (Å²) in [7, 11) is 0. The van der Waals surface area contributed by atoms with Crippen LogP contribution in [-0.2, 0) is 17.9 Å². The minimum Gasteiger partial charge on any atom is -0.345 e. The zero-order valence-corrected chi connectivity index (χ0v) is 12.1. The third-order valence-corrected chi connectivity index (χ3v) is 3.47. The van der Waals surface area contributed by atoms with Crippen molar-refractivity contribution in [2.45, 2.75) is 39.8 Å². The average molecular weight is 263 g/mol. The van der Waals surface area contributed by atoms with Crippen LogP contribution in [0.15, 0.2) is 18.5 Å². The van der Waals surface area contributed by atoms with E-state index < -0.39 is 0 Å². The van der Waals surface area contributed by atoms with Gasteiger partial charge < -0.3 is 14.8 Å². The number of amides is 1. The molecule has 0 aliphatic carbocycles. The molecule has 1 aromatic rings. The van der Waals surface area contributed by atoms with E-state index in [1.54, 1.807) is 0 Å². The maximum Gasteiger partial charge on any atom is 0.242 e. The lowest BCUT2D eigenvalue weighted by Gasteiger charge is -2.15. The third kappa shape index (κ3) is 4.39. The third-order valence-electron chi connectivity index (χ3n) is 3.47. The Labute approximate surface area is 115 Å². The number of carbonyl (C=O) groups is 1. The van der Waals surface area contributed by atoms with Crippen molar-refractivity contribution in [3.8, 4) is 0 Å². The van der Waals surface area contributed by atoms with Crippen LogP contribution in [0.4, 0.5) is 0 Å². The van der Waals surface area contributed by atoms with E-state index in [4.69, 9.17) is 0 Å². The minimum absolute atomic E-state index is 0.245. The molecule has 1 aliphatic rings. The number of carbonyl (C=O) groups excluding carboxylic acids is 1. The molecule has 19 heavy (non-hydrogen) atoms. The summed E-state index contributed by atoms with van der Waals surface area (Å²) in [5.74, 6) is 0.911. The average Bonchev–Trinajstić information content (AvgIpc) is 2.99. The van der Waals surface area contributed by atoms with Crippen LogP contribution in [0.5, 0.6) is 0 Å². The fraction of sp³-hybridized carbons (Fsp3) is 0.667. The molecule has 1 fully saturated rings. The highest BCUT2D eigenvalue weighted by molar-refractivity contribution is 5.76. The first kappa shape index (κ1) is 14.1. The van der Waals surface area contributed by atoms with Crippen molar-refractivity contribution in [3.63, 3.8) is 0 Å². The molecule has 0 aromatic carbocycles. The standard InChI is InChI=1S/C15H25N3O/c1-13(2)9-16-10-14-5-8-17(11-14)12-15(19)18-6-3-4-7-18/h5,8,11,13,16H,3-4,6-7,9-10,12H2,1-2H3. The monoisotopic (exact) mass is 263 g/mol. The molecule has 2 heterocycles. The quantitative estimate of drug-likeness (QED) is 0.850. The van der Waals surface area contributed by atoms with Crippen LogP contribution in [-0.4, -0.2) is 35.0 Å². The summed E-state index contributed by atoms with van der Waals surface area (Å²) in [5.41, 5.74) is 1.25. The van der Waals surface area contributed by atoms with Crippen LogP contribution in [0.3, 0.4) is 0 Å². The van der Waals surface area contributed by atoms with Gasteiger partial charge in [0.1, 0.15) is 6.54 Å². The predicted molar refractivity (Wildman–Crippen MR) is 76.8 cm³/mol. The Kier molecular flexibility index (Phi) is 5.02. The Bertz CT molecular complexity index is 405. The summed E-state index contributed by atoms with van der Waals surface area (Å²) in [6, 6.07) is 2.09. The van der Waals surface area contributed by atoms with Crippen LogP contribution in [0, 0.1) is 5.92 Å². The SMILES string of the molecule is CC(C)CNCc1ccn(CC(=O)N2CCCC2)c1. The first-order chi connectivity index (χ1) is 9.15. The van der Waals surface area contributed by atoms with Crippen LogP contribution in [0.25, 0.3) is 0 Å². The highest BCUT2D eigenvalue weighted by Gasteiger charge is 2.17. The summed E-state index contributed by atoms with van der Waals surface area (Å²) in [4.78, 5) is 14.0. The number of hydrogen-bond acceptors (Lipinski definition) is 2. The second-order valence-electron chi connectivity index (χ2n) is 5.80. The number of nitrogens with one attached hydrogen (secondary N) is 1. The fourth-order valence-corrected chi connectivity index (χ4v) is 2.42. The van der Waals surface area contributed by atoms with E-state index in [-0.39, 0.29) is 5.91 Å². The molecule has 0 radical (unpaired) electrons. The fourth-order valence-electron chi connectivity index (χ4n) is 2.42. The Balaban J connectivity index is 1.78. The first-order valence-corrected chi connectivity index (χ1v) is 7.28. The molecule has 1 N–H and O–H groups in total. The number of nitrogens with zero attached hydrogens (tertiary/aromatic N) is 2. The lowest BCUT2D eigenvalue weighted by atomic mass is 10.2. The highest BCUT2D eigenvalue weighted by Crippen LogP contribution is 2.09. The zero-order valence-electron chi connectivity index (χ0n) is 12.1. The van der Waals surface area contributed by atoms with Gasteiger partial charge in [0, 0.05) is 32.0 Å². The van der Waals surface area contributed by atoms with Crippen molar-refractivity contribution in [3.05, 3.63) is 24.0 Å². The topological polar surface area (TPSA) is 37.3 Å². The second kappa shape index (κ2) is 6.75. The molecule has 0 saturated carbocycles. The van der Waals surface area contributed by atoms with Gasteiger partial charge in [-0.15, -0.1) is 0 Å². The van der Waals surface area contributed by atoms with Gasteiger partial charge in [-0.1, -0.05) is 13.8 Å². The van der Waals surface area contributed by atoms with Crippen LogP contribution < -0.4 is 5.32 Å². The van der Waals surface area contributed by atoms with E-state index in [2.05, 4.69) is 31.4 Å². The molecule has 0 unspecified atom stereocenters. The molecular weight excluding hydrogens is 238 g/mol. The van der Waals surface area contributed by atoms with Crippen LogP contribution in [0.1, 0.15) is 32.3 Å². The van der Waals surface area contributed by atoms with Crippen molar-refractivity contribution in [1.29, 1.82) is 0 Å². The largest absolute Gasteiger partial charge is 0.345 e. The lowest BCUT2D eigenvalue weighted by molar-refractivity contribution is -0.130. The minimum atomic E-state index is 0.245. The van der Waals surface area contributed by atoms with E-state index in [9.17, 15) is 4.79 Å². The van der Waals surface area contributed by atoms with Crippen LogP contribution in [0.2, 0.25) is 0 Å². The van der Waals surface area contributed by atoms with Gasteiger partial charge in [-0.25, -0.2) is 0 Å². The normalized spacial score (nSPS) is 15.4. The Morgan fingerprint density at radius 3 is 2.79 bits per heavy atom. The molecule has 1 aliphatic heterocycles. The maximum atomic E-state index is 12.0. The molecule has 1 amide bonds. The molecule has 2 rings (SSSR count). The Hall–Kier alpha value is -1.29. The molecule has 4 heteroatoms. The second-order valence-corrected chi connectivity index (χ2v) is 5.80. The summed E-state index contributed by atoms with van der Waals surface area (Å²) in [6.07, 6.45) is 6.38. The van der Waals surface area contributed by atoms with Crippen molar-refractivity contribution in [1.82, 2.24) is 14.8 Å². The molecule has 1 saturated heterocycles. The van der Waals surface area contributed by atoms with E-state index in [1.165, 1.54) is 5.56 Å². The van der Waals surface area contributed by atoms with E-state index in [0.29, 0.717) is 12.5 Å². The van der Waals surface area contributed by atoms with Gasteiger partial charge in [-0.05, 0) is 36.9 Å². The number of rotatable bonds is 6. The maximum absolute atomic E-state index is 12.0. The summed E-state index contributed by atoms with van der Waals surface area (Å²) in [6.45, 7) is 8.65. The van der Waals surface area contributed by atoms with Gasteiger partial charge in [-0.3, -0.25) is 4.79 Å². The first-order valence-electron chi connectivity index (χ1n) is 7.28. The van der Waals surface area contributed by atoms with Gasteiger partial charge in [0.15, 0.2) is 0 Å². The molecular formula is C15H25N3O. The van der Waals surface area contributed by atoms with Gasteiger partial charge in [0.25, 0.3) is 0 Å². The molecule has 0 bridgehead atoms. The smallest absolute Gasteiger partial charge is 0.242 e. The number of hydrogen-bond donors (Lipinski definition) is 1. The lowest BCUT2D eigenvalue weighted by Crippen LogP contribution is -2.30. The molecule has 106 valence electrons. The zero-order chi connectivity index (χ0) is 13.7. The van der Waals surface area contributed by atoms with E-state index in [1.807, 2.05) is 15.7 Å². The van der Waals surface area contributed by atoms with Crippen molar-refractivity contribution < 1.29 is 4.79 Å². The van der Waals surface area contributed by atoms with Crippen molar-refractivity contribution in [2.75, 3.05) is 19.6 Å². The summed E-state index contributed by atoms with van der Waals surface area (Å²) in [5, 5.41) is 3.41. The summed E-state index contributed by atoms with van der Waals surface area (Å²) < 4.78 is 1.99. The van der Waals surface area contributed by atoms with Crippen molar-refractivity contribution >= 4 is 5.91 Å². The summed E-state index contributed by atoms with van der Waals surface area (Å²) >= 11 is 0. The Morgan fingerprint density at radius 2 is 2.11 bits per heavy atom. The molecule has 0 spiro atoms. The Morgan fingerprint density at radius 1 is 1.37 bits per heavy atom. The molecule has 1 aromatic heterocycles. The van der Waals surface area contributed by atoms with Gasteiger partial charge in [-0.2, -0.15) is 0 Å². The van der Waals surface area contributed by atoms with Gasteiger partial charge in [0.2, 0.25) is 5.91 Å². The predicted octanol–water partition coefficient (Wildman–Crippen LogP) is 1.86. The van der Waals surface area contributed by atoms with Crippen molar-refractivity contribution in [2.24, 2.45) is 5.92 Å². The molecule has 0 atom stereocenters. The van der Waals surface area contributed by atoms with Crippen LogP contribution >= 0.6 is 0 Å².